The van der Waals surface area contributed by atoms with Gasteiger partial charge in [-0.1, -0.05) is 24.3 Å². The minimum atomic E-state index is -0.243. The van der Waals surface area contributed by atoms with Gasteiger partial charge in [-0.15, -0.1) is 0 Å². The number of hydrogen-bond donors (Lipinski definition) is 4. The Morgan fingerprint density at radius 1 is 0.767 bits per heavy atom. The van der Waals surface area contributed by atoms with Crippen molar-refractivity contribution in [3.05, 3.63) is 59.7 Å². The van der Waals surface area contributed by atoms with Crippen molar-refractivity contribution in [1.29, 1.82) is 0 Å². The first-order chi connectivity index (χ1) is 14.3. The summed E-state index contributed by atoms with van der Waals surface area (Å²) in [6, 6.07) is 13.2. The van der Waals surface area contributed by atoms with Gasteiger partial charge in [-0.2, -0.15) is 10.2 Å². The molecule has 4 N–H and O–H groups in total. The lowest BCUT2D eigenvalue weighted by molar-refractivity contribution is -0.123. The molecule has 0 unspecified atom stereocenters. The molecule has 0 saturated heterocycles. The summed E-state index contributed by atoms with van der Waals surface area (Å²) in [4.78, 5) is 23.8. The average Bonchev–Trinajstić information content (AvgIpc) is 2.73. The van der Waals surface area contributed by atoms with E-state index in [1.807, 2.05) is 0 Å². The second kappa shape index (κ2) is 11.4. The molecule has 0 saturated carbocycles. The molecule has 0 aromatic heterocycles. The molecule has 0 atom stereocenters. The van der Waals surface area contributed by atoms with Crippen molar-refractivity contribution in [1.82, 2.24) is 10.9 Å². The molecule has 0 spiro atoms. The van der Waals surface area contributed by atoms with Gasteiger partial charge in [-0.3, -0.25) is 9.59 Å². The van der Waals surface area contributed by atoms with Crippen LogP contribution >= 0.6 is 0 Å². The van der Waals surface area contributed by atoms with E-state index in [2.05, 4.69) is 21.1 Å². The Labute approximate surface area is 175 Å². The molecule has 8 heteroatoms. The van der Waals surface area contributed by atoms with Crippen molar-refractivity contribution in [3.8, 4) is 11.5 Å². The first kappa shape index (κ1) is 22.6. The molecule has 2 aromatic carbocycles. The van der Waals surface area contributed by atoms with Crippen molar-refractivity contribution in [2.75, 3.05) is 0 Å². The molecule has 0 fully saturated rings. The Morgan fingerprint density at radius 3 is 1.53 bits per heavy atom. The van der Waals surface area contributed by atoms with E-state index >= 15 is 0 Å². The van der Waals surface area contributed by atoms with Gasteiger partial charge in [0.1, 0.15) is 11.5 Å². The van der Waals surface area contributed by atoms with Gasteiger partial charge in [-0.25, -0.2) is 10.9 Å². The number of nitrogens with one attached hydrogen (secondary N) is 2. The van der Waals surface area contributed by atoms with Crippen molar-refractivity contribution in [3.63, 3.8) is 0 Å². The smallest absolute Gasteiger partial charge is 0.240 e. The van der Waals surface area contributed by atoms with Crippen LogP contribution in [0.15, 0.2) is 58.7 Å². The average molecular weight is 410 g/mol. The van der Waals surface area contributed by atoms with Gasteiger partial charge in [-0.05, 0) is 51.0 Å². The highest BCUT2D eigenvalue weighted by Crippen LogP contribution is 2.12. The molecular formula is C22H26N4O4. The van der Waals surface area contributed by atoms with Crippen molar-refractivity contribution >= 4 is 23.2 Å². The lowest BCUT2D eigenvalue weighted by atomic mass is 10.1. The Morgan fingerprint density at radius 2 is 1.17 bits per heavy atom. The normalized spacial score (nSPS) is 11.8. The van der Waals surface area contributed by atoms with Crippen molar-refractivity contribution in [2.24, 2.45) is 10.2 Å². The number of phenols is 2. The topological polar surface area (TPSA) is 123 Å². The molecule has 0 heterocycles. The largest absolute Gasteiger partial charge is 0.508 e. The molecule has 0 aliphatic carbocycles. The summed E-state index contributed by atoms with van der Waals surface area (Å²) in [5, 5.41) is 27.0. The van der Waals surface area contributed by atoms with E-state index < -0.39 is 0 Å². The zero-order valence-electron chi connectivity index (χ0n) is 17.1. The second-order valence-electron chi connectivity index (χ2n) is 6.77. The molecule has 0 bridgehead atoms. The Balaban J connectivity index is 1.67. The number of benzene rings is 2. The van der Waals surface area contributed by atoms with E-state index in [4.69, 9.17) is 0 Å². The third-order valence-electron chi connectivity index (χ3n) is 4.28. The highest BCUT2D eigenvalue weighted by atomic mass is 16.3. The maximum atomic E-state index is 11.9. The maximum absolute atomic E-state index is 11.9. The zero-order chi connectivity index (χ0) is 21.9. The minimum Gasteiger partial charge on any atom is -0.508 e. The van der Waals surface area contributed by atoms with Crippen LogP contribution in [0.25, 0.3) is 0 Å². The van der Waals surface area contributed by atoms with Gasteiger partial charge in [0, 0.05) is 24.0 Å². The molecule has 2 rings (SSSR count). The number of carbonyl (C=O) groups excluding carboxylic acids is 2. The summed E-state index contributed by atoms with van der Waals surface area (Å²) in [6.07, 6.45) is 1.57. The summed E-state index contributed by atoms with van der Waals surface area (Å²) in [6.45, 7) is 3.47. The van der Waals surface area contributed by atoms with Gasteiger partial charge >= 0.3 is 0 Å². The van der Waals surface area contributed by atoms with Crippen LogP contribution in [-0.2, 0) is 9.59 Å². The predicted octanol–water partition coefficient (Wildman–Crippen LogP) is 3.04. The number of aromatic hydroxyl groups is 2. The standard InChI is InChI=1S/C22H26N4O4/c1-15(17-7-5-9-19(27)13-17)23-25-21(29)11-3-4-12-22(30)26-24-16(2)18-8-6-10-20(28)14-18/h5-10,13-14,27-28H,3-4,11-12H2,1-2H3,(H,25,29)(H,26,30). The second-order valence-corrected chi connectivity index (χ2v) is 6.77. The predicted molar refractivity (Wildman–Crippen MR) is 115 cm³/mol. The van der Waals surface area contributed by atoms with Gasteiger partial charge < -0.3 is 10.2 Å². The van der Waals surface area contributed by atoms with E-state index in [0.29, 0.717) is 35.4 Å². The van der Waals surface area contributed by atoms with Crippen LogP contribution in [-0.4, -0.2) is 33.5 Å². The van der Waals surface area contributed by atoms with Gasteiger partial charge in [0.2, 0.25) is 11.8 Å². The number of amides is 2. The zero-order valence-corrected chi connectivity index (χ0v) is 17.1. The van der Waals surface area contributed by atoms with Crippen molar-refractivity contribution in [2.45, 2.75) is 39.5 Å². The molecule has 2 amide bonds. The quantitative estimate of drug-likeness (QED) is 0.288. The number of hydrazone groups is 2. The van der Waals surface area contributed by atoms with E-state index in [9.17, 15) is 19.8 Å². The number of unbranched alkanes of at least 4 members (excludes halogenated alkanes) is 1. The summed E-state index contributed by atoms with van der Waals surface area (Å²) < 4.78 is 0. The molecule has 0 aliphatic rings. The van der Waals surface area contributed by atoms with Crippen LogP contribution in [0.1, 0.15) is 50.7 Å². The molecule has 8 nitrogen and oxygen atoms in total. The monoisotopic (exact) mass is 410 g/mol. The van der Waals surface area contributed by atoms with Gasteiger partial charge in [0.15, 0.2) is 0 Å². The summed E-state index contributed by atoms with van der Waals surface area (Å²) in [5.74, 6) is -0.221. The maximum Gasteiger partial charge on any atom is 0.240 e. The minimum absolute atomic E-state index is 0.132. The number of hydrogen-bond acceptors (Lipinski definition) is 6. The van der Waals surface area contributed by atoms with Crippen LogP contribution in [0.3, 0.4) is 0 Å². The molecule has 0 radical (unpaired) electrons. The first-order valence-corrected chi connectivity index (χ1v) is 9.60. The summed E-state index contributed by atoms with van der Waals surface area (Å²) in [5.41, 5.74) is 7.55. The molecular weight excluding hydrogens is 384 g/mol. The Bertz CT molecular complexity index is 876. The van der Waals surface area contributed by atoms with Crippen LogP contribution in [0.4, 0.5) is 0 Å². The Kier molecular flexibility index (Phi) is 8.56. The number of rotatable bonds is 9. The van der Waals surface area contributed by atoms with Crippen LogP contribution in [0.2, 0.25) is 0 Å². The van der Waals surface area contributed by atoms with Gasteiger partial charge in [0.05, 0.1) is 11.4 Å². The fourth-order valence-corrected chi connectivity index (χ4v) is 2.57. The number of phenolic OH excluding ortho intramolecular Hbond substituents is 2. The molecule has 30 heavy (non-hydrogen) atoms. The van der Waals surface area contributed by atoms with Crippen LogP contribution < -0.4 is 10.9 Å². The van der Waals surface area contributed by atoms with E-state index in [0.717, 1.165) is 0 Å². The lowest BCUT2D eigenvalue weighted by Gasteiger charge is -2.05. The van der Waals surface area contributed by atoms with E-state index in [1.165, 1.54) is 0 Å². The lowest BCUT2D eigenvalue weighted by Crippen LogP contribution is -2.20. The number of carbonyl (C=O) groups is 2. The molecule has 2 aromatic rings. The van der Waals surface area contributed by atoms with Crippen LogP contribution in [0, 0.1) is 0 Å². The first-order valence-electron chi connectivity index (χ1n) is 9.60. The van der Waals surface area contributed by atoms with E-state index in [1.54, 1.807) is 62.4 Å². The van der Waals surface area contributed by atoms with Gasteiger partial charge in [0.25, 0.3) is 0 Å². The van der Waals surface area contributed by atoms with E-state index in [-0.39, 0.29) is 36.2 Å². The SMILES string of the molecule is CC(=NNC(=O)CCCCC(=O)NN=C(C)c1cccc(O)c1)c1cccc(O)c1. The highest BCUT2D eigenvalue weighted by molar-refractivity contribution is 6.00. The highest BCUT2D eigenvalue weighted by Gasteiger charge is 2.05. The summed E-state index contributed by atoms with van der Waals surface area (Å²) >= 11 is 0. The Hall–Kier alpha value is -3.68. The fraction of sp³-hybridized carbons (Fsp3) is 0.273. The molecule has 158 valence electrons. The van der Waals surface area contributed by atoms with Crippen molar-refractivity contribution < 1.29 is 19.8 Å². The summed E-state index contributed by atoms with van der Waals surface area (Å²) in [7, 11) is 0. The van der Waals surface area contributed by atoms with Crippen LogP contribution in [0.5, 0.6) is 11.5 Å². The third-order valence-corrected chi connectivity index (χ3v) is 4.28. The fourth-order valence-electron chi connectivity index (χ4n) is 2.57. The number of nitrogens with zero attached hydrogens (tertiary/aromatic N) is 2. The molecule has 0 aliphatic heterocycles. The third kappa shape index (κ3) is 7.75.